The van der Waals surface area contributed by atoms with Crippen molar-refractivity contribution in [1.82, 2.24) is 15.1 Å². The minimum Gasteiger partial charge on any atom is -0.384 e. The van der Waals surface area contributed by atoms with E-state index in [0.29, 0.717) is 11.4 Å². The number of hydrogen-bond donors (Lipinski definition) is 2. The van der Waals surface area contributed by atoms with E-state index in [2.05, 4.69) is 10.4 Å². The van der Waals surface area contributed by atoms with Crippen molar-refractivity contribution in [2.24, 2.45) is 7.05 Å². The number of nitrogen functional groups attached to an aromatic ring is 1. The first-order chi connectivity index (χ1) is 9.90. The van der Waals surface area contributed by atoms with Crippen molar-refractivity contribution in [3.05, 3.63) is 51.5 Å². The number of carbonyl (C=O) groups is 1. The molecule has 3 N–H and O–H groups in total. The average Bonchev–Trinajstić information content (AvgIpc) is 2.76. The Bertz CT molecular complexity index is 713. The van der Waals surface area contributed by atoms with E-state index in [1.54, 1.807) is 7.05 Å². The van der Waals surface area contributed by atoms with E-state index in [0.717, 1.165) is 18.2 Å². The van der Waals surface area contributed by atoms with E-state index < -0.39 is 22.2 Å². The van der Waals surface area contributed by atoms with Crippen molar-refractivity contribution in [3.8, 4) is 0 Å². The highest BCUT2D eigenvalue weighted by Crippen LogP contribution is 2.17. The third-order valence-electron chi connectivity index (χ3n) is 2.91. The van der Waals surface area contributed by atoms with Gasteiger partial charge in [-0.05, 0) is 6.07 Å². The van der Waals surface area contributed by atoms with Crippen LogP contribution in [0, 0.1) is 15.9 Å². The van der Waals surface area contributed by atoms with Crippen LogP contribution in [0.3, 0.4) is 0 Å². The van der Waals surface area contributed by atoms with Crippen LogP contribution in [0.15, 0.2) is 24.4 Å². The minimum atomic E-state index is -0.836. The van der Waals surface area contributed by atoms with Crippen LogP contribution >= 0.6 is 0 Å². The van der Waals surface area contributed by atoms with Gasteiger partial charge in [-0.3, -0.25) is 19.6 Å². The summed E-state index contributed by atoms with van der Waals surface area (Å²) in [4.78, 5) is 21.8. The van der Waals surface area contributed by atoms with Gasteiger partial charge in [0.05, 0.1) is 16.7 Å². The van der Waals surface area contributed by atoms with Gasteiger partial charge in [0.15, 0.2) is 0 Å². The second-order valence-corrected chi connectivity index (χ2v) is 4.28. The number of aryl methyl sites for hydroxylation is 1. The molecule has 9 heteroatoms. The van der Waals surface area contributed by atoms with Crippen molar-refractivity contribution in [2.75, 3.05) is 5.73 Å². The highest BCUT2D eigenvalue weighted by Gasteiger charge is 2.17. The first-order valence-corrected chi connectivity index (χ1v) is 5.88. The minimum absolute atomic E-state index is 0.0423. The predicted molar refractivity (Wildman–Crippen MR) is 71.8 cm³/mol. The largest absolute Gasteiger partial charge is 0.384 e. The standard InChI is InChI=1S/C12H12FN5O3/c1-17-11(14)7(6-16-17)5-15-12(19)9-4-8(18(20)21)2-3-10(9)13/h2-4,6H,5,14H2,1H3,(H,15,19). The number of nitrogens with zero attached hydrogens (tertiary/aromatic N) is 3. The molecule has 0 saturated heterocycles. The number of carbonyl (C=O) groups excluding carboxylic acids is 1. The number of nitro benzene ring substituents is 1. The van der Waals surface area contributed by atoms with Gasteiger partial charge in [-0.2, -0.15) is 5.10 Å². The van der Waals surface area contributed by atoms with Crippen LogP contribution in [0.5, 0.6) is 0 Å². The average molecular weight is 293 g/mol. The van der Waals surface area contributed by atoms with Gasteiger partial charge in [0.1, 0.15) is 11.6 Å². The maximum absolute atomic E-state index is 13.6. The number of hydrogen-bond acceptors (Lipinski definition) is 5. The summed E-state index contributed by atoms with van der Waals surface area (Å²) in [6.45, 7) is 0.0423. The smallest absolute Gasteiger partial charge is 0.270 e. The topological polar surface area (TPSA) is 116 Å². The number of nitrogens with two attached hydrogens (primary N) is 1. The Hall–Kier alpha value is -2.97. The molecule has 0 atom stereocenters. The van der Waals surface area contributed by atoms with Gasteiger partial charge >= 0.3 is 0 Å². The number of anilines is 1. The van der Waals surface area contributed by atoms with Gasteiger partial charge in [-0.25, -0.2) is 4.39 Å². The molecule has 1 heterocycles. The zero-order valence-corrected chi connectivity index (χ0v) is 11.0. The quantitative estimate of drug-likeness (QED) is 0.644. The van der Waals surface area contributed by atoms with Gasteiger partial charge in [-0.1, -0.05) is 0 Å². The van der Waals surface area contributed by atoms with Crippen LogP contribution in [0.2, 0.25) is 0 Å². The molecule has 2 rings (SSSR count). The number of amides is 1. The predicted octanol–water partition coefficient (Wildman–Crippen LogP) is 0.980. The molecule has 0 aliphatic heterocycles. The lowest BCUT2D eigenvalue weighted by Gasteiger charge is -2.06. The number of rotatable bonds is 4. The number of benzene rings is 1. The fourth-order valence-electron chi connectivity index (χ4n) is 1.70. The van der Waals surface area contributed by atoms with Crippen molar-refractivity contribution in [2.45, 2.75) is 6.54 Å². The van der Waals surface area contributed by atoms with Crippen LogP contribution in [0.25, 0.3) is 0 Å². The normalized spacial score (nSPS) is 10.4. The second kappa shape index (κ2) is 5.57. The lowest BCUT2D eigenvalue weighted by atomic mass is 10.1. The fourth-order valence-corrected chi connectivity index (χ4v) is 1.70. The number of aromatic nitrogens is 2. The van der Waals surface area contributed by atoms with E-state index in [1.807, 2.05) is 0 Å². The van der Waals surface area contributed by atoms with Crippen molar-refractivity contribution < 1.29 is 14.1 Å². The summed E-state index contributed by atoms with van der Waals surface area (Å²) in [6.07, 6.45) is 1.47. The highest BCUT2D eigenvalue weighted by atomic mass is 19.1. The van der Waals surface area contributed by atoms with Gasteiger partial charge in [0, 0.05) is 31.3 Å². The van der Waals surface area contributed by atoms with Crippen molar-refractivity contribution in [3.63, 3.8) is 0 Å². The third-order valence-corrected chi connectivity index (χ3v) is 2.91. The highest BCUT2D eigenvalue weighted by molar-refractivity contribution is 5.95. The van der Waals surface area contributed by atoms with E-state index in [-0.39, 0.29) is 12.2 Å². The first-order valence-electron chi connectivity index (χ1n) is 5.88. The molecule has 2 aromatic rings. The Labute approximate surface area is 118 Å². The molecule has 0 spiro atoms. The van der Waals surface area contributed by atoms with Crippen LogP contribution in [-0.2, 0) is 13.6 Å². The van der Waals surface area contributed by atoms with Crippen LogP contribution in [0.1, 0.15) is 15.9 Å². The molecule has 1 aromatic heterocycles. The Kier molecular flexibility index (Phi) is 3.83. The molecule has 0 aliphatic rings. The Balaban J connectivity index is 2.15. The van der Waals surface area contributed by atoms with E-state index in [1.165, 1.54) is 10.9 Å². The molecule has 0 saturated carbocycles. The maximum atomic E-state index is 13.6. The molecule has 0 bridgehead atoms. The van der Waals surface area contributed by atoms with E-state index in [9.17, 15) is 19.3 Å². The molecular weight excluding hydrogens is 281 g/mol. The van der Waals surface area contributed by atoms with Gasteiger partial charge in [0.25, 0.3) is 11.6 Å². The molecule has 0 aliphatic carbocycles. The summed E-state index contributed by atoms with van der Waals surface area (Å²) >= 11 is 0. The molecule has 8 nitrogen and oxygen atoms in total. The van der Waals surface area contributed by atoms with E-state index >= 15 is 0 Å². The number of non-ortho nitro benzene ring substituents is 1. The number of nitrogens with one attached hydrogen (secondary N) is 1. The maximum Gasteiger partial charge on any atom is 0.270 e. The number of nitro groups is 1. The van der Waals surface area contributed by atoms with Gasteiger partial charge in [-0.15, -0.1) is 0 Å². The summed E-state index contributed by atoms with van der Waals surface area (Å²) in [7, 11) is 1.64. The molecule has 21 heavy (non-hydrogen) atoms. The molecular formula is C12H12FN5O3. The summed E-state index contributed by atoms with van der Waals surface area (Å²) < 4.78 is 15.0. The van der Waals surface area contributed by atoms with Gasteiger partial charge in [0.2, 0.25) is 0 Å². The van der Waals surface area contributed by atoms with Gasteiger partial charge < -0.3 is 11.1 Å². The van der Waals surface area contributed by atoms with Crippen LogP contribution < -0.4 is 11.1 Å². The second-order valence-electron chi connectivity index (χ2n) is 4.28. The van der Waals surface area contributed by atoms with Crippen LogP contribution in [0.4, 0.5) is 15.9 Å². The zero-order valence-electron chi connectivity index (χ0n) is 11.0. The zero-order chi connectivity index (χ0) is 15.6. The first kappa shape index (κ1) is 14.4. The molecule has 0 radical (unpaired) electrons. The third kappa shape index (κ3) is 2.96. The molecule has 0 fully saturated rings. The summed E-state index contributed by atoms with van der Waals surface area (Å²) in [5.41, 5.74) is 5.52. The fraction of sp³-hybridized carbons (Fsp3) is 0.167. The molecule has 0 unspecified atom stereocenters. The Morgan fingerprint density at radius 1 is 1.57 bits per heavy atom. The summed E-state index contributed by atoms with van der Waals surface area (Å²) in [5.74, 6) is -1.23. The SMILES string of the molecule is Cn1ncc(CNC(=O)c2cc([N+](=O)[O-])ccc2F)c1N. The van der Waals surface area contributed by atoms with Crippen LogP contribution in [-0.4, -0.2) is 20.6 Å². The summed E-state index contributed by atoms with van der Waals surface area (Å²) in [6, 6.07) is 2.76. The lowest BCUT2D eigenvalue weighted by molar-refractivity contribution is -0.384. The Morgan fingerprint density at radius 2 is 2.29 bits per heavy atom. The monoisotopic (exact) mass is 293 g/mol. The van der Waals surface area contributed by atoms with Crippen molar-refractivity contribution >= 4 is 17.4 Å². The number of halogens is 1. The molecule has 110 valence electrons. The summed E-state index contributed by atoms with van der Waals surface area (Å²) in [5, 5.41) is 17.0. The lowest BCUT2D eigenvalue weighted by Crippen LogP contribution is -2.24. The molecule has 1 aromatic carbocycles. The Morgan fingerprint density at radius 3 is 2.86 bits per heavy atom. The molecule has 1 amide bonds. The van der Waals surface area contributed by atoms with Crippen molar-refractivity contribution in [1.29, 1.82) is 0 Å². The van der Waals surface area contributed by atoms with E-state index in [4.69, 9.17) is 5.73 Å².